The van der Waals surface area contributed by atoms with Crippen LogP contribution in [0.5, 0.6) is 0 Å². The van der Waals surface area contributed by atoms with Crippen molar-refractivity contribution < 1.29 is 18.0 Å². The normalized spacial score (nSPS) is 11.7. The number of anilines is 1. The largest absolute Gasteiger partial charge is 0.406 e. The molecule has 1 heterocycles. The highest BCUT2D eigenvalue weighted by atomic mass is 19.4. The fourth-order valence-corrected chi connectivity index (χ4v) is 1.63. The molecule has 5 nitrogen and oxygen atoms in total. The average molecular weight is 264 g/mol. The molecule has 2 N–H and O–H groups in total. The number of amides is 1. The van der Waals surface area contributed by atoms with Crippen molar-refractivity contribution in [2.75, 3.05) is 19.3 Å². The molecule has 0 radical (unpaired) electrons. The first-order chi connectivity index (χ1) is 8.17. The summed E-state index contributed by atoms with van der Waals surface area (Å²) in [5.74, 6) is -0.792. The van der Waals surface area contributed by atoms with Crippen LogP contribution in [0, 0.1) is 0 Å². The second kappa shape index (κ2) is 4.87. The summed E-state index contributed by atoms with van der Waals surface area (Å²) in [6.45, 7) is 0.476. The summed E-state index contributed by atoms with van der Waals surface area (Å²) in [4.78, 5) is 12.5. The molecule has 18 heavy (non-hydrogen) atoms. The number of rotatable bonds is 3. The maximum Gasteiger partial charge on any atom is 0.406 e. The van der Waals surface area contributed by atoms with Crippen LogP contribution in [0.15, 0.2) is 0 Å². The first kappa shape index (κ1) is 14.3. The van der Waals surface area contributed by atoms with Crippen LogP contribution in [-0.2, 0) is 13.5 Å². The van der Waals surface area contributed by atoms with Crippen LogP contribution in [-0.4, -0.2) is 40.4 Å². The molecule has 0 unspecified atom stereocenters. The summed E-state index contributed by atoms with van der Waals surface area (Å²) in [5, 5.41) is 3.99. The van der Waals surface area contributed by atoms with Crippen LogP contribution in [0.4, 0.5) is 18.9 Å². The van der Waals surface area contributed by atoms with Crippen molar-refractivity contribution in [3.63, 3.8) is 0 Å². The Kier molecular flexibility index (Phi) is 3.88. The van der Waals surface area contributed by atoms with Crippen molar-refractivity contribution >= 4 is 11.6 Å². The zero-order valence-corrected chi connectivity index (χ0v) is 10.4. The SMILES string of the molecule is CCc1nn(C)c(C(=O)N(C)CC(F)(F)F)c1N. The van der Waals surface area contributed by atoms with E-state index in [0.717, 1.165) is 7.05 Å². The highest BCUT2D eigenvalue weighted by Crippen LogP contribution is 2.21. The van der Waals surface area contributed by atoms with Gasteiger partial charge in [-0.3, -0.25) is 9.48 Å². The van der Waals surface area contributed by atoms with E-state index in [0.29, 0.717) is 17.0 Å². The minimum Gasteiger partial charge on any atom is -0.395 e. The zero-order chi connectivity index (χ0) is 14.1. The molecule has 0 saturated heterocycles. The number of nitrogens with two attached hydrogens (primary N) is 1. The fourth-order valence-electron chi connectivity index (χ4n) is 1.63. The Morgan fingerprint density at radius 1 is 1.50 bits per heavy atom. The Labute approximate surface area is 102 Å². The van der Waals surface area contributed by atoms with Gasteiger partial charge in [0, 0.05) is 14.1 Å². The quantitative estimate of drug-likeness (QED) is 0.892. The van der Waals surface area contributed by atoms with Gasteiger partial charge in [0.15, 0.2) is 0 Å². The summed E-state index contributed by atoms with van der Waals surface area (Å²) in [6, 6.07) is 0. The maximum atomic E-state index is 12.2. The van der Waals surface area contributed by atoms with E-state index in [1.165, 1.54) is 11.7 Å². The molecule has 0 aliphatic rings. The Hall–Kier alpha value is -1.73. The molecule has 0 atom stereocenters. The summed E-state index contributed by atoms with van der Waals surface area (Å²) in [5.41, 5.74) is 6.33. The first-order valence-electron chi connectivity index (χ1n) is 5.31. The van der Waals surface area contributed by atoms with Gasteiger partial charge in [-0.15, -0.1) is 0 Å². The number of halogens is 3. The average Bonchev–Trinajstić information content (AvgIpc) is 2.50. The van der Waals surface area contributed by atoms with Gasteiger partial charge in [-0.05, 0) is 6.42 Å². The Bertz CT molecular complexity index is 453. The molecule has 1 amide bonds. The number of aromatic nitrogens is 2. The van der Waals surface area contributed by atoms with Gasteiger partial charge in [0.2, 0.25) is 0 Å². The van der Waals surface area contributed by atoms with Crippen LogP contribution in [0.25, 0.3) is 0 Å². The fraction of sp³-hybridized carbons (Fsp3) is 0.600. The van der Waals surface area contributed by atoms with Crippen molar-refractivity contribution in [3.8, 4) is 0 Å². The predicted octanol–water partition coefficient (Wildman–Crippen LogP) is 1.20. The standard InChI is InChI=1S/C10H15F3N4O/c1-4-6-7(14)8(17(3)15-6)9(18)16(2)5-10(11,12)13/h4-5,14H2,1-3H3. The minimum absolute atomic E-state index is 0.0152. The van der Waals surface area contributed by atoms with Crippen molar-refractivity contribution in [1.82, 2.24) is 14.7 Å². The lowest BCUT2D eigenvalue weighted by atomic mass is 10.2. The third kappa shape index (κ3) is 2.93. The van der Waals surface area contributed by atoms with Gasteiger partial charge in [0.25, 0.3) is 5.91 Å². The molecule has 102 valence electrons. The molecule has 0 aromatic carbocycles. The number of carbonyl (C=O) groups excluding carboxylic acids is 1. The predicted molar refractivity (Wildman–Crippen MR) is 60.0 cm³/mol. The molecule has 0 spiro atoms. The van der Waals surface area contributed by atoms with Crippen LogP contribution in [0.3, 0.4) is 0 Å². The topological polar surface area (TPSA) is 64.2 Å². The third-order valence-electron chi connectivity index (χ3n) is 2.46. The smallest absolute Gasteiger partial charge is 0.395 e. The third-order valence-corrected chi connectivity index (χ3v) is 2.46. The Balaban J connectivity index is 3.01. The minimum atomic E-state index is -4.44. The lowest BCUT2D eigenvalue weighted by molar-refractivity contribution is -0.138. The lowest BCUT2D eigenvalue weighted by Crippen LogP contribution is -2.37. The highest BCUT2D eigenvalue weighted by molar-refractivity contribution is 5.97. The number of carbonyl (C=O) groups is 1. The van der Waals surface area contributed by atoms with Gasteiger partial charge in [-0.25, -0.2) is 0 Å². The van der Waals surface area contributed by atoms with Gasteiger partial charge in [-0.2, -0.15) is 18.3 Å². The van der Waals surface area contributed by atoms with Gasteiger partial charge in [0.1, 0.15) is 12.2 Å². The van der Waals surface area contributed by atoms with Crippen molar-refractivity contribution in [3.05, 3.63) is 11.4 Å². The van der Waals surface area contributed by atoms with Crippen LogP contribution < -0.4 is 5.73 Å². The monoisotopic (exact) mass is 264 g/mol. The molecular weight excluding hydrogens is 249 g/mol. The molecule has 1 aromatic heterocycles. The molecule has 0 aliphatic heterocycles. The maximum absolute atomic E-state index is 12.2. The van der Waals surface area contributed by atoms with Gasteiger partial charge in [0.05, 0.1) is 11.4 Å². The number of hydrogen-bond acceptors (Lipinski definition) is 3. The van der Waals surface area contributed by atoms with Gasteiger partial charge >= 0.3 is 6.18 Å². The molecule has 1 rings (SSSR count). The number of hydrogen-bond donors (Lipinski definition) is 1. The second-order valence-electron chi connectivity index (χ2n) is 3.96. The molecular formula is C10H15F3N4O. The van der Waals surface area contributed by atoms with Crippen molar-refractivity contribution in [2.45, 2.75) is 19.5 Å². The lowest BCUT2D eigenvalue weighted by Gasteiger charge is -2.19. The number of nitrogen functional groups attached to an aromatic ring is 1. The van der Waals surface area contributed by atoms with E-state index >= 15 is 0 Å². The van der Waals surface area contributed by atoms with Crippen molar-refractivity contribution in [2.24, 2.45) is 7.05 Å². The number of alkyl halides is 3. The molecule has 0 fully saturated rings. The van der Waals surface area contributed by atoms with E-state index in [9.17, 15) is 18.0 Å². The molecule has 1 aromatic rings. The number of aryl methyl sites for hydroxylation is 2. The highest BCUT2D eigenvalue weighted by Gasteiger charge is 2.33. The molecule has 8 heteroatoms. The Morgan fingerprint density at radius 3 is 2.44 bits per heavy atom. The van der Waals surface area contributed by atoms with Crippen LogP contribution >= 0.6 is 0 Å². The van der Waals surface area contributed by atoms with E-state index in [1.54, 1.807) is 6.92 Å². The van der Waals surface area contributed by atoms with E-state index in [2.05, 4.69) is 5.10 Å². The summed E-state index contributed by atoms with van der Waals surface area (Å²) < 4.78 is 37.8. The molecule has 0 saturated carbocycles. The Morgan fingerprint density at radius 2 is 2.06 bits per heavy atom. The van der Waals surface area contributed by atoms with E-state index < -0.39 is 18.6 Å². The molecule has 0 bridgehead atoms. The summed E-state index contributed by atoms with van der Waals surface area (Å²) in [6.07, 6.45) is -3.93. The summed E-state index contributed by atoms with van der Waals surface area (Å²) >= 11 is 0. The van der Waals surface area contributed by atoms with E-state index in [4.69, 9.17) is 5.73 Å². The second-order valence-corrected chi connectivity index (χ2v) is 3.96. The summed E-state index contributed by atoms with van der Waals surface area (Å²) in [7, 11) is 2.55. The first-order valence-corrected chi connectivity index (χ1v) is 5.31. The van der Waals surface area contributed by atoms with E-state index in [1.807, 2.05) is 0 Å². The van der Waals surface area contributed by atoms with Gasteiger partial charge in [-0.1, -0.05) is 6.92 Å². The van der Waals surface area contributed by atoms with Gasteiger partial charge < -0.3 is 10.6 Å². The zero-order valence-electron chi connectivity index (χ0n) is 10.4. The molecule has 0 aliphatic carbocycles. The number of nitrogens with zero attached hydrogens (tertiary/aromatic N) is 3. The van der Waals surface area contributed by atoms with Crippen LogP contribution in [0.1, 0.15) is 23.1 Å². The van der Waals surface area contributed by atoms with Crippen LogP contribution in [0.2, 0.25) is 0 Å². The van der Waals surface area contributed by atoms with E-state index in [-0.39, 0.29) is 11.4 Å². The van der Waals surface area contributed by atoms with Crippen molar-refractivity contribution in [1.29, 1.82) is 0 Å².